The molecule has 2 nitrogen and oxygen atoms in total. The van der Waals surface area contributed by atoms with E-state index in [1.54, 1.807) is 0 Å². The van der Waals surface area contributed by atoms with E-state index >= 15 is 0 Å². The highest BCUT2D eigenvalue weighted by Crippen LogP contribution is 2.20. The maximum absolute atomic E-state index is 3.51. The molecule has 2 aliphatic rings. The van der Waals surface area contributed by atoms with Crippen LogP contribution in [0, 0.1) is 5.92 Å². The lowest BCUT2D eigenvalue weighted by Crippen LogP contribution is -2.32. The second kappa shape index (κ2) is 1.96. The summed E-state index contributed by atoms with van der Waals surface area (Å²) >= 11 is 0. The van der Waals surface area contributed by atoms with E-state index in [1.165, 1.54) is 19.5 Å². The minimum atomic E-state index is 0.782. The summed E-state index contributed by atoms with van der Waals surface area (Å²) < 4.78 is 0. The van der Waals surface area contributed by atoms with Gasteiger partial charge in [-0.05, 0) is 25.4 Å². The fraction of sp³-hybridized carbons (Fsp3) is 1.00. The lowest BCUT2D eigenvalue weighted by Gasteiger charge is -2.11. The summed E-state index contributed by atoms with van der Waals surface area (Å²) in [5.41, 5.74) is 0. The third-order valence-corrected chi connectivity index (χ3v) is 2.58. The second-order valence-electron chi connectivity index (χ2n) is 3.26. The molecule has 52 valence electrons. The van der Waals surface area contributed by atoms with Crippen molar-refractivity contribution in [1.82, 2.24) is 10.6 Å². The van der Waals surface area contributed by atoms with Gasteiger partial charge in [0.15, 0.2) is 0 Å². The van der Waals surface area contributed by atoms with Crippen molar-refractivity contribution in [2.75, 3.05) is 13.1 Å². The zero-order valence-corrected chi connectivity index (χ0v) is 5.85. The second-order valence-corrected chi connectivity index (χ2v) is 3.26. The van der Waals surface area contributed by atoms with Crippen LogP contribution < -0.4 is 10.6 Å². The number of hydrogen-bond acceptors (Lipinski definition) is 2. The Morgan fingerprint density at radius 2 is 2.22 bits per heavy atom. The van der Waals surface area contributed by atoms with Crippen LogP contribution in [0.5, 0.6) is 0 Å². The van der Waals surface area contributed by atoms with E-state index in [4.69, 9.17) is 0 Å². The highest BCUT2D eigenvalue weighted by Gasteiger charge is 2.35. The molecule has 2 heterocycles. The molecule has 0 aromatic rings. The molecule has 2 fully saturated rings. The molecular formula is C7H14N2. The molecule has 9 heavy (non-hydrogen) atoms. The van der Waals surface area contributed by atoms with Gasteiger partial charge in [0.1, 0.15) is 0 Å². The van der Waals surface area contributed by atoms with Crippen molar-refractivity contribution in [3.8, 4) is 0 Å². The van der Waals surface area contributed by atoms with Crippen molar-refractivity contribution in [2.45, 2.75) is 25.4 Å². The van der Waals surface area contributed by atoms with Gasteiger partial charge in [0.2, 0.25) is 0 Å². The van der Waals surface area contributed by atoms with Gasteiger partial charge >= 0.3 is 0 Å². The van der Waals surface area contributed by atoms with Crippen molar-refractivity contribution >= 4 is 0 Å². The molecule has 0 aliphatic carbocycles. The minimum absolute atomic E-state index is 0.782. The van der Waals surface area contributed by atoms with Gasteiger partial charge in [-0.2, -0.15) is 0 Å². The van der Waals surface area contributed by atoms with Crippen LogP contribution in [0.25, 0.3) is 0 Å². The van der Waals surface area contributed by atoms with Gasteiger partial charge in [-0.15, -0.1) is 0 Å². The molecule has 0 aromatic carbocycles. The Labute approximate surface area is 56.0 Å². The Morgan fingerprint density at radius 1 is 1.33 bits per heavy atom. The van der Waals surface area contributed by atoms with Crippen LogP contribution in [0.15, 0.2) is 0 Å². The molecule has 2 aliphatic heterocycles. The third kappa shape index (κ3) is 0.775. The van der Waals surface area contributed by atoms with Crippen molar-refractivity contribution in [3.05, 3.63) is 0 Å². The van der Waals surface area contributed by atoms with E-state index in [0.29, 0.717) is 0 Å². The molecule has 2 rings (SSSR count). The van der Waals surface area contributed by atoms with Gasteiger partial charge in [0.05, 0.1) is 0 Å². The first-order valence-corrected chi connectivity index (χ1v) is 3.84. The Morgan fingerprint density at radius 3 is 3.00 bits per heavy atom. The Hall–Kier alpha value is -0.0800. The molecule has 0 spiro atoms. The monoisotopic (exact) mass is 126 g/mol. The van der Waals surface area contributed by atoms with Gasteiger partial charge in [0.25, 0.3) is 0 Å². The van der Waals surface area contributed by atoms with Gasteiger partial charge < -0.3 is 10.6 Å². The SMILES string of the molecule is CC1CNC2CCNC12. The fourth-order valence-corrected chi connectivity index (χ4v) is 2.02. The van der Waals surface area contributed by atoms with Gasteiger partial charge in [-0.25, -0.2) is 0 Å². The Balaban J connectivity index is 2.07. The summed E-state index contributed by atoms with van der Waals surface area (Å²) in [6.45, 7) is 4.74. The summed E-state index contributed by atoms with van der Waals surface area (Å²) in [6.07, 6.45) is 1.33. The molecule has 0 saturated carbocycles. The molecule has 2 saturated heterocycles. The highest BCUT2D eigenvalue weighted by atomic mass is 15.1. The van der Waals surface area contributed by atoms with E-state index in [0.717, 1.165) is 18.0 Å². The predicted molar refractivity (Wildman–Crippen MR) is 37.4 cm³/mol. The molecule has 3 unspecified atom stereocenters. The van der Waals surface area contributed by atoms with Crippen LogP contribution in [0.3, 0.4) is 0 Å². The van der Waals surface area contributed by atoms with Crippen LogP contribution in [-0.4, -0.2) is 25.2 Å². The highest BCUT2D eigenvalue weighted by molar-refractivity contribution is 4.98. The number of nitrogens with one attached hydrogen (secondary N) is 2. The van der Waals surface area contributed by atoms with Gasteiger partial charge in [0, 0.05) is 12.1 Å². The minimum Gasteiger partial charge on any atom is -0.312 e. The predicted octanol–water partition coefficient (Wildman–Crippen LogP) is -0.0438. The number of fused-ring (bicyclic) bond motifs is 1. The largest absolute Gasteiger partial charge is 0.312 e. The molecular weight excluding hydrogens is 112 g/mol. The maximum Gasteiger partial charge on any atom is 0.0259 e. The first-order chi connectivity index (χ1) is 4.38. The zero-order valence-electron chi connectivity index (χ0n) is 5.85. The van der Waals surface area contributed by atoms with E-state index in [9.17, 15) is 0 Å². The average molecular weight is 126 g/mol. The molecule has 3 atom stereocenters. The molecule has 0 aromatic heterocycles. The fourth-order valence-electron chi connectivity index (χ4n) is 2.02. The smallest absolute Gasteiger partial charge is 0.0259 e. The Bertz CT molecular complexity index is 113. The quantitative estimate of drug-likeness (QED) is 0.476. The van der Waals surface area contributed by atoms with Crippen molar-refractivity contribution in [2.24, 2.45) is 5.92 Å². The lowest BCUT2D eigenvalue weighted by molar-refractivity contribution is 0.485. The van der Waals surface area contributed by atoms with Crippen molar-refractivity contribution in [1.29, 1.82) is 0 Å². The van der Waals surface area contributed by atoms with E-state index in [1.807, 2.05) is 0 Å². The summed E-state index contributed by atoms with van der Waals surface area (Å²) in [7, 11) is 0. The summed E-state index contributed by atoms with van der Waals surface area (Å²) in [4.78, 5) is 0. The first-order valence-electron chi connectivity index (χ1n) is 3.84. The van der Waals surface area contributed by atoms with E-state index in [-0.39, 0.29) is 0 Å². The van der Waals surface area contributed by atoms with Crippen LogP contribution in [0.2, 0.25) is 0 Å². The molecule has 2 N–H and O–H groups in total. The van der Waals surface area contributed by atoms with E-state index in [2.05, 4.69) is 17.6 Å². The first kappa shape index (κ1) is 5.69. The van der Waals surface area contributed by atoms with Gasteiger partial charge in [-0.1, -0.05) is 6.92 Å². The van der Waals surface area contributed by atoms with Gasteiger partial charge in [-0.3, -0.25) is 0 Å². The topological polar surface area (TPSA) is 24.1 Å². The third-order valence-electron chi connectivity index (χ3n) is 2.58. The molecule has 2 heteroatoms. The van der Waals surface area contributed by atoms with Crippen molar-refractivity contribution < 1.29 is 0 Å². The van der Waals surface area contributed by atoms with Crippen LogP contribution in [-0.2, 0) is 0 Å². The normalized spacial score (nSPS) is 49.7. The lowest BCUT2D eigenvalue weighted by atomic mass is 10.0. The number of hydrogen-bond donors (Lipinski definition) is 2. The van der Waals surface area contributed by atoms with Crippen LogP contribution >= 0.6 is 0 Å². The van der Waals surface area contributed by atoms with Crippen LogP contribution in [0.1, 0.15) is 13.3 Å². The Kier molecular flexibility index (Phi) is 1.24. The standard InChI is InChI=1S/C7H14N2/c1-5-4-9-6-2-3-8-7(5)6/h5-9H,2-4H2,1H3. The van der Waals surface area contributed by atoms with Crippen LogP contribution in [0.4, 0.5) is 0 Å². The summed E-state index contributed by atoms with van der Waals surface area (Å²) in [6, 6.07) is 1.57. The zero-order chi connectivity index (χ0) is 6.27. The molecule has 0 bridgehead atoms. The summed E-state index contributed by atoms with van der Waals surface area (Å²) in [5, 5.41) is 7.01. The van der Waals surface area contributed by atoms with E-state index < -0.39 is 0 Å². The maximum atomic E-state index is 3.51. The molecule has 0 radical (unpaired) electrons. The van der Waals surface area contributed by atoms with Crippen molar-refractivity contribution in [3.63, 3.8) is 0 Å². The molecule has 0 amide bonds. The number of rotatable bonds is 0. The average Bonchev–Trinajstić information content (AvgIpc) is 2.35. The summed E-state index contributed by atoms with van der Waals surface area (Å²) in [5.74, 6) is 0.845.